The molecule has 0 N–H and O–H groups in total. The van der Waals surface area contributed by atoms with Crippen molar-refractivity contribution in [2.45, 2.75) is 64.2 Å². The Labute approximate surface area is 309 Å². The number of pyridine rings is 1. The predicted molar refractivity (Wildman–Crippen MR) is 198 cm³/mol. The van der Waals surface area contributed by atoms with Gasteiger partial charge in [-0.15, -0.1) is 0 Å². The first-order chi connectivity index (χ1) is 25.4. The first-order valence-electron chi connectivity index (χ1n) is 18.1. The highest BCUT2D eigenvalue weighted by Crippen LogP contribution is 2.47. The van der Waals surface area contributed by atoms with Gasteiger partial charge in [0, 0.05) is 57.6 Å². The van der Waals surface area contributed by atoms with Crippen molar-refractivity contribution in [1.82, 2.24) is 29.5 Å². The molecule has 3 atom stereocenters. The molecule has 2 aromatic carbocycles. The Kier molecular flexibility index (Phi) is 9.94. The maximum Gasteiger partial charge on any atom is 0.246 e. The van der Waals surface area contributed by atoms with Crippen LogP contribution in [0.2, 0.25) is 0 Å². The summed E-state index contributed by atoms with van der Waals surface area (Å²) in [5.41, 5.74) is 8.34. The topological polar surface area (TPSA) is 93.0 Å². The van der Waals surface area contributed by atoms with E-state index in [2.05, 4.69) is 29.7 Å². The molecule has 0 radical (unpaired) electrons. The summed E-state index contributed by atoms with van der Waals surface area (Å²) in [6, 6.07) is 9.65. The number of likely N-dealkylation sites (N-methyl/N-ethyl adjacent to an activating group) is 2. The van der Waals surface area contributed by atoms with Crippen molar-refractivity contribution in [3.8, 4) is 39.5 Å². The van der Waals surface area contributed by atoms with Gasteiger partial charge in [0.15, 0.2) is 0 Å². The Morgan fingerprint density at radius 3 is 2.53 bits per heavy atom. The number of hydrogen-bond acceptors (Lipinski definition) is 7. The lowest BCUT2D eigenvalue weighted by atomic mass is 9.88. The molecule has 0 saturated heterocycles. The third-order valence-corrected chi connectivity index (χ3v) is 10.9. The summed E-state index contributed by atoms with van der Waals surface area (Å²) >= 11 is 0. The largest absolute Gasteiger partial charge is 0.490 e. The van der Waals surface area contributed by atoms with Gasteiger partial charge in [-0.25, -0.2) is 13.8 Å². The molecule has 4 heterocycles. The molecule has 278 valence electrons. The average Bonchev–Trinajstić information content (AvgIpc) is 3.81. The molecule has 2 amide bonds. The zero-order chi connectivity index (χ0) is 37.7. The lowest BCUT2D eigenvalue weighted by Crippen LogP contribution is -2.48. The lowest BCUT2D eigenvalue weighted by Gasteiger charge is -2.36. The van der Waals surface area contributed by atoms with Crippen LogP contribution in [-0.4, -0.2) is 95.3 Å². The van der Waals surface area contributed by atoms with Crippen molar-refractivity contribution in [3.63, 3.8) is 0 Å². The summed E-state index contributed by atoms with van der Waals surface area (Å²) in [5, 5.41) is 5.08. The van der Waals surface area contributed by atoms with E-state index in [0.29, 0.717) is 42.9 Å². The molecular formula is C41H46F2N6O4. The maximum atomic E-state index is 16.3. The summed E-state index contributed by atoms with van der Waals surface area (Å²) < 4.78 is 44.2. The summed E-state index contributed by atoms with van der Waals surface area (Å²) in [7, 11) is 7.07. The minimum Gasteiger partial charge on any atom is -0.490 e. The van der Waals surface area contributed by atoms with Crippen molar-refractivity contribution in [2.75, 3.05) is 48.0 Å². The van der Waals surface area contributed by atoms with Crippen molar-refractivity contribution < 1.29 is 27.8 Å². The number of amides is 2. The van der Waals surface area contributed by atoms with Gasteiger partial charge in [-0.2, -0.15) is 5.10 Å². The van der Waals surface area contributed by atoms with Gasteiger partial charge in [-0.3, -0.25) is 19.2 Å². The van der Waals surface area contributed by atoms with Crippen LogP contribution < -0.4 is 4.74 Å². The first-order valence-corrected chi connectivity index (χ1v) is 18.1. The van der Waals surface area contributed by atoms with Gasteiger partial charge in [-0.05, 0) is 87.0 Å². The molecule has 12 heteroatoms. The fraction of sp³-hybridized carbons (Fsp3) is 0.415. The van der Waals surface area contributed by atoms with E-state index in [1.807, 2.05) is 31.6 Å². The fourth-order valence-electron chi connectivity index (χ4n) is 8.20. The summed E-state index contributed by atoms with van der Waals surface area (Å²) in [5.74, 6) is -1.53. The number of nitrogens with zero attached hydrogens (tertiary/aromatic N) is 6. The Balaban J connectivity index is 1.44. The highest BCUT2D eigenvalue weighted by atomic mass is 19.1. The van der Waals surface area contributed by atoms with Gasteiger partial charge >= 0.3 is 0 Å². The molecule has 0 fully saturated rings. The van der Waals surface area contributed by atoms with Gasteiger partial charge in [0.1, 0.15) is 29.7 Å². The molecule has 0 saturated carbocycles. The Hall–Kier alpha value is -4.94. The minimum absolute atomic E-state index is 0.0663. The lowest BCUT2D eigenvalue weighted by molar-refractivity contribution is -0.134. The highest BCUT2D eigenvalue weighted by Gasteiger charge is 2.36. The molecular weight excluding hydrogens is 678 g/mol. The number of ether oxygens (including phenoxy) is 2. The SMILES string of the molecule is C=CC(=O)N1CC(C)n2nc(-c3nc(-c4ccc5c(c4)CN(C)C(C(=O)N(C)C)C5)c4c(c3-c3c(F)cc(F)cc3OCCOC)CCC4)cc2C1C. The second kappa shape index (κ2) is 14.5. The van der Waals surface area contributed by atoms with Crippen LogP contribution >= 0.6 is 0 Å². The maximum absolute atomic E-state index is 16.3. The van der Waals surface area contributed by atoms with Crippen LogP contribution in [0.15, 0.2) is 49.1 Å². The van der Waals surface area contributed by atoms with Crippen LogP contribution in [0.5, 0.6) is 5.75 Å². The number of carbonyl (C=O) groups is 2. The molecule has 0 spiro atoms. The number of fused-ring (bicyclic) bond motifs is 3. The Morgan fingerprint density at radius 1 is 1.02 bits per heavy atom. The van der Waals surface area contributed by atoms with Crippen LogP contribution in [0, 0.1) is 11.6 Å². The smallest absolute Gasteiger partial charge is 0.246 e. The second-order valence-corrected chi connectivity index (χ2v) is 14.6. The van der Waals surface area contributed by atoms with Crippen molar-refractivity contribution in [2.24, 2.45) is 0 Å². The molecule has 1 aliphatic carbocycles. The quantitative estimate of drug-likeness (QED) is 0.151. The molecule has 3 unspecified atom stereocenters. The van der Waals surface area contributed by atoms with Gasteiger partial charge in [0.25, 0.3) is 0 Å². The number of aromatic nitrogens is 3. The van der Waals surface area contributed by atoms with Crippen molar-refractivity contribution in [1.29, 1.82) is 0 Å². The molecule has 0 bridgehead atoms. The van der Waals surface area contributed by atoms with Crippen LogP contribution in [0.3, 0.4) is 0 Å². The van der Waals surface area contributed by atoms with E-state index < -0.39 is 11.6 Å². The number of halogens is 2. The fourth-order valence-corrected chi connectivity index (χ4v) is 8.20. The number of hydrogen-bond donors (Lipinski definition) is 0. The van der Waals surface area contributed by atoms with Gasteiger partial charge in [0.05, 0.1) is 47.4 Å². The minimum atomic E-state index is -0.755. The van der Waals surface area contributed by atoms with Crippen molar-refractivity contribution in [3.05, 3.63) is 88.6 Å². The van der Waals surface area contributed by atoms with E-state index in [9.17, 15) is 14.0 Å². The summed E-state index contributed by atoms with van der Waals surface area (Å²) in [6.45, 7) is 9.04. The van der Waals surface area contributed by atoms with Gasteiger partial charge < -0.3 is 19.3 Å². The number of carbonyl (C=O) groups excluding carboxylic acids is 2. The van der Waals surface area contributed by atoms with E-state index in [1.54, 1.807) is 23.9 Å². The Bertz CT molecular complexity index is 2110. The van der Waals surface area contributed by atoms with Crippen LogP contribution in [0.4, 0.5) is 8.78 Å². The van der Waals surface area contributed by atoms with E-state index in [0.717, 1.165) is 58.1 Å². The van der Waals surface area contributed by atoms with Gasteiger partial charge in [-0.1, -0.05) is 18.7 Å². The summed E-state index contributed by atoms with van der Waals surface area (Å²) in [6.07, 6.45) is 4.15. The van der Waals surface area contributed by atoms with Crippen LogP contribution in [-0.2, 0) is 40.1 Å². The van der Waals surface area contributed by atoms with E-state index in [-0.39, 0.29) is 54.5 Å². The summed E-state index contributed by atoms with van der Waals surface area (Å²) in [4.78, 5) is 36.7. The van der Waals surface area contributed by atoms with Gasteiger partial charge in [0.2, 0.25) is 11.8 Å². The molecule has 2 aromatic heterocycles. The Morgan fingerprint density at radius 2 is 1.79 bits per heavy atom. The number of benzene rings is 2. The monoisotopic (exact) mass is 724 g/mol. The number of methoxy groups -OCH3 is 1. The van der Waals surface area contributed by atoms with E-state index in [4.69, 9.17) is 19.6 Å². The van der Waals surface area contributed by atoms with Crippen molar-refractivity contribution >= 4 is 11.8 Å². The molecule has 3 aliphatic rings. The normalized spacial score (nSPS) is 19.4. The molecule has 4 aromatic rings. The van der Waals surface area contributed by atoms with E-state index in [1.165, 1.54) is 19.3 Å². The highest BCUT2D eigenvalue weighted by molar-refractivity contribution is 5.90. The molecule has 10 nitrogen and oxygen atoms in total. The molecule has 53 heavy (non-hydrogen) atoms. The second-order valence-electron chi connectivity index (χ2n) is 14.6. The first kappa shape index (κ1) is 36.4. The van der Waals surface area contributed by atoms with Crippen LogP contribution in [0.25, 0.3) is 33.8 Å². The molecule has 7 rings (SSSR count). The van der Waals surface area contributed by atoms with Crippen LogP contribution in [0.1, 0.15) is 60.3 Å². The van der Waals surface area contributed by atoms with E-state index >= 15 is 4.39 Å². The third kappa shape index (κ3) is 6.52. The zero-order valence-electron chi connectivity index (χ0n) is 31.2. The predicted octanol–water partition coefficient (Wildman–Crippen LogP) is 6.17. The standard InChI is InChI=1S/C41H46F2N6O4/c1-8-36(50)48-21-23(2)49-33(24(48)3)20-32(45-49)40-37(38-31(43)18-28(42)19-35(38)53-15-14-52-7)29-10-9-11-30(29)39(44-40)26-13-12-25-17-34(41(51)46(4)5)47(6)22-27(25)16-26/h8,12-13,16,18-20,23-24,34H,1,9-11,14-15,17,21-22H2,2-7H3. The average molecular weight is 725 g/mol. The zero-order valence-corrected chi connectivity index (χ0v) is 31.2. The molecule has 2 aliphatic heterocycles. The third-order valence-electron chi connectivity index (χ3n) is 10.9. The number of rotatable bonds is 9.